The standard InChI is InChI=1S/C12H21N2O14P3/c1-10(17)6-12(3,14-5-4-8(15)13-9(14)16)26-11(10,2)7-25-30(21,22)28-31(23,24)27-29(18,19)20/h4-5,17H,6-7H2,1-3H3,(H,21,22)(H,23,24)(H,13,15,16)(H2,18,19,20). The van der Waals surface area contributed by atoms with E-state index in [9.17, 15) is 38.2 Å². The fourth-order valence-corrected chi connectivity index (χ4v) is 6.18. The summed E-state index contributed by atoms with van der Waals surface area (Å²) in [5.74, 6) is 0. The molecule has 6 N–H and O–H groups in total. The van der Waals surface area contributed by atoms with Crippen LogP contribution in [0.15, 0.2) is 21.9 Å². The Morgan fingerprint density at radius 1 is 1.10 bits per heavy atom. The van der Waals surface area contributed by atoms with Crippen LogP contribution in [0.2, 0.25) is 0 Å². The van der Waals surface area contributed by atoms with Crippen LogP contribution in [-0.4, -0.2) is 52.0 Å². The van der Waals surface area contributed by atoms with E-state index in [2.05, 4.69) is 13.1 Å². The summed E-state index contributed by atoms with van der Waals surface area (Å²) in [5.41, 5.74) is -6.72. The second-order valence-corrected chi connectivity index (χ2v) is 11.7. The van der Waals surface area contributed by atoms with Gasteiger partial charge in [0.15, 0.2) is 0 Å². The monoisotopic (exact) mass is 510 g/mol. The predicted molar refractivity (Wildman–Crippen MR) is 99.5 cm³/mol. The Labute approximate surface area is 173 Å². The van der Waals surface area contributed by atoms with Gasteiger partial charge in [-0.2, -0.15) is 8.62 Å². The van der Waals surface area contributed by atoms with E-state index in [0.29, 0.717) is 0 Å². The largest absolute Gasteiger partial charge is 0.490 e. The second kappa shape index (κ2) is 8.10. The topological polar surface area (TPSA) is 244 Å². The van der Waals surface area contributed by atoms with Gasteiger partial charge in [0.2, 0.25) is 0 Å². The van der Waals surface area contributed by atoms with Gasteiger partial charge >= 0.3 is 29.2 Å². The van der Waals surface area contributed by atoms with Gasteiger partial charge in [-0.15, -0.1) is 0 Å². The van der Waals surface area contributed by atoms with Gasteiger partial charge in [0.1, 0.15) is 11.3 Å². The minimum Gasteiger partial charge on any atom is -0.387 e. The van der Waals surface area contributed by atoms with E-state index >= 15 is 0 Å². The van der Waals surface area contributed by atoms with Crippen molar-refractivity contribution < 1.29 is 56.3 Å². The molecule has 1 fully saturated rings. The summed E-state index contributed by atoms with van der Waals surface area (Å²) in [7, 11) is -16.7. The summed E-state index contributed by atoms with van der Waals surface area (Å²) in [6.45, 7) is 2.93. The molecule has 0 amide bonds. The average Bonchev–Trinajstić information content (AvgIpc) is 2.67. The fraction of sp³-hybridized carbons (Fsp3) is 0.667. The molecule has 19 heteroatoms. The highest BCUT2D eigenvalue weighted by Gasteiger charge is 2.60. The van der Waals surface area contributed by atoms with Crippen LogP contribution in [0, 0.1) is 0 Å². The summed E-state index contributed by atoms with van der Waals surface area (Å²) in [4.78, 5) is 61.3. The number of ether oxygens (including phenoxy) is 1. The normalized spacial score (nSPS) is 33.0. The number of aromatic amines is 1. The van der Waals surface area contributed by atoms with Gasteiger partial charge in [0.05, 0.1) is 12.2 Å². The Morgan fingerprint density at radius 2 is 1.68 bits per heavy atom. The maximum Gasteiger partial charge on any atom is 0.490 e. The molecule has 178 valence electrons. The number of hydrogen-bond donors (Lipinski definition) is 6. The fourth-order valence-electron chi connectivity index (χ4n) is 3.07. The number of aromatic nitrogens is 2. The van der Waals surface area contributed by atoms with E-state index in [1.807, 2.05) is 4.98 Å². The summed E-state index contributed by atoms with van der Waals surface area (Å²) in [5, 5.41) is 10.8. The van der Waals surface area contributed by atoms with E-state index in [1.165, 1.54) is 20.8 Å². The highest BCUT2D eigenvalue weighted by atomic mass is 31.3. The Morgan fingerprint density at radius 3 is 2.19 bits per heavy atom. The molecule has 0 aromatic carbocycles. The number of hydrogen-bond acceptors (Lipinski definition) is 10. The van der Waals surface area contributed by atoms with E-state index in [1.54, 1.807) is 0 Å². The van der Waals surface area contributed by atoms with Crippen molar-refractivity contribution in [1.82, 2.24) is 9.55 Å². The molecular weight excluding hydrogens is 489 g/mol. The van der Waals surface area contributed by atoms with E-state index in [0.717, 1.165) is 16.8 Å². The molecule has 2 heterocycles. The van der Waals surface area contributed by atoms with Crippen molar-refractivity contribution in [2.75, 3.05) is 6.61 Å². The lowest BCUT2D eigenvalue weighted by molar-refractivity contribution is -0.177. The van der Waals surface area contributed by atoms with Gasteiger partial charge in [0.25, 0.3) is 5.56 Å². The minimum absolute atomic E-state index is 0.262. The maximum absolute atomic E-state index is 12.1. The quantitative estimate of drug-likeness (QED) is 0.241. The van der Waals surface area contributed by atoms with Gasteiger partial charge in [0, 0.05) is 18.7 Å². The molecule has 0 radical (unpaired) electrons. The molecule has 1 aliphatic heterocycles. The number of phosphoric acid groups is 3. The first kappa shape index (κ1) is 26.3. The molecule has 2 rings (SSSR count). The number of nitrogens with zero attached hydrogens (tertiary/aromatic N) is 1. The first-order valence-electron chi connectivity index (χ1n) is 8.23. The lowest BCUT2D eigenvalue weighted by Crippen LogP contribution is -2.49. The molecule has 0 bridgehead atoms. The highest BCUT2D eigenvalue weighted by Crippen LogP contribution is 2.66. The second-order valence-electron chi connectivity index (χ2n) is 7.30. The van der Waals surface area contributed by atoms with E-state index < -0.39 is 58.3 Å². The zero-order valence-corrected chi connectivity index (χ0v) is 19.0. The third kappa shape index (κ3) is 6.29. The highest BCUT2D eigenvalue weighted by molar-refractivity contribution is 7.66. The molecule has 0 spiro atoms. The summed E-state index contributed by atoms with van der Waals surface area (Å²) in [6, 6.07) is 1.03. The van der Waals surface area contributed by atoms with Gasteiger partial charge in [-0.25, -0.2) is 18.5 Å². The Balaban J connectivity index is 2.23. The summed E-state index contributed by atoms with van der Waals surface area (Å²) < 4.78 is 52.6. The third-order valence-electron chi connectivity index (χ3n) is 4.51. The zero-order chi connectivity index (χ0) is 24.1. The Bertz CT molecular complexity index is 1110. The molecule has 1 saturated heterocycles. The number of rotatable bonds is 8. The van der Waals surface area contributed by atoms with Crippen LogP contribution < -0.4 is 11.2 Å². The molecule has 0 aliphatic carbocycles. The zero-order valence-electron chi connectivity index (χ0n) is 16.3. The predicted octanol–water partition coefficient (Wildman–Crippen LogP) is -0.517. The molecule has 5 unspecified atom stereocenters. The van der Waals surface area contributed by atoms with Crippen LogP contribution in [0.25, 0.3) is 0 Å². The third-order valence-corrected chi connectivity index (χ3v) is 8.29. The first-order valence-corrected chi connectivity index (χ1v) is 12.7. The van der Waals surface area contributed by atoms with Crippen molar-refractivity contribution in [3.8, 4) is 0 Å². The minimum atomic E-state index is -5.72. The van der Waals surface area contributed by atoms with Crippen molar-refractivity contribution in [3.05, 3.63) is 33.1 Å². The Hall–Kier alpha value is -0.990. The van der Waals surface area contributed by atoms with Crippen molar-refractivity contribution in [3.63, 3.8) is 0 Å². The first-order chi connectivity index (χ1) is 13.7. The van der Waals surface area contributed by atoms with Crippen LogP contribution in [-0.2, 0) is 37.3 Å². The molecule has 0 saturated carbocycles. The van der Waals surface area contributed by atoms with Gasteiger partial charge < -0.3 is 29.4 Å². The van der Waals surface area contributed by atoms with Crippen LogP contribution in [0.4, 0.5) is 0 Å². The lowest BCUT2D eigenvalue weighted by Gasteiger charge is -2.35. The summed E-state index contributed by atoms with van der Waals surface area (Å²) in [6.07, 6.45) is 0.855. The average molecular weight is 510 g/mol. The van der Waals surface area contributed by atoms with Crippen LogP contribution in [0.3, 0.4) is 0 Å². The molecular formula is C12H21N2O14P3. The Kier molecular flexibility index (Phi) is 6.86. The van der Waals surface area contributed by atoms with Gasteiger partial charge in [-0.05, 0) is 20.8 Å². The molecule has 16 nitrogen and oxygen atoms in total. The smallest absolute Gasteiger partial charge is 0.387 e. The van der Waals surface area contributed by atoms with Gasteiger partial charge in [-0.3, -0.25) is 18.9 Å². The lowest BCUT2D eigenvalue weighted by atomic mass is 9.85. The maximum atomic E-state index is 12.1. The number of H-pyrrole nitrogens is 1. The molecule has 1 aliphatic rings. The van der Waals surface area contributed by atoms with E-state index in [-0.39, 0.29) is 6.42 Å². The van der Waals surface area contributed by atoms with Crippen LogP contribution >= 0.6 is 23.5 Å². The van der Waals surface area contributed by atoms with Crippen molar-refractivity contribution in [2.45, 2.75) is 44.1 Å². The molecule has 5 atom stereocenters. The molecule has 1 aromatic heterocycles. The molecule has 1 aromatic rings. The van der Waals surface area contributed by atoms with Crippen LogP contribution in [0.5, 0.6) is 0 Å². The SMILES string of the molecule is CC1(n2ccc(=O)[nH]c2=O)CC(C)(O)C(C)(COP(=O)(O)OP(=O)(O)OP(=O)(O)O)O1. The van der Waals surface area contributed by atoms with Crippen molar-refractivity contribution in [2.24, 2.45) is 0 Å². The number of phosphoric ester groups is 1. The van der Waals surface area contributed by atoms with Crippen molar-refractivity contribution in [1.29, 1.82) is 0 Å². The van der Waals surface area contributed by atoms with E-state index in [4.69, 9.17) is 14.5 Å². The van der Waals surface area contributed by atoms with Crippen LogP contribution in [0.1, 0.15) is 27.2 Å². The number of nitrogens with one attached hydrogen (secondary N) is 1. The summed E-state index contributed by atoms with van der Waals surface area (Å²) >= 11 is 0. The molecule has 31 heavy (non-hydrogen) atoms. The van der Waals surface area contributed by atoms with Gasteiger partial charge in [-0.1, -0.05) is 0 Å². The van der Waals surface area contributed by atoms with Crippen molar-refractivity contribution >= 4 is 23.5 Å². The number of aliphatic hydroxyl groups is 1.